The van der Waals surface area contributed by atoms with E-state index >= 15 is 0 Å². The van der Waals surface area contributed by atoms with Gasteiger partial charge in [-0.25, -0.2) is 0 Å². The summed E-state index contributed by atoms with van der Waals surface area (Å²) in [5, 5.41) is 10.0. The van der Waals surface area contributed by atoms with Crippen LogP contribution in [0, 0.1) is 0 Å². The topological polar surface area (TPSA) is 143 Å². The van der Waals surface area contributed by atoms with Gasteiger partial charge in [-0.15, -0.1) is 0 Å². The van der Waals surface area contributed by atoms with Crippen LogP contribution in [0.25, 0.3) is 0 Å². The van der Waals surface area contributed by atoms with E-state index in [1.165, 1.54) is 32.1 Å². The van der Waals surface area contributed by atoms with Crippen LogP contribution < -0.4 is 0 Å². The molecule has 0 unspecified atom stereocenters. The Kier molecular flexibility index (Phi) is 69.2. The maximum absolute atomic E-state index is 12.8. The molecule has 516 valence electrons. The average molecular weight is 1250 g/mol. The molecule has 0 aromatic carbocycles. The summed E-state index contributed by atoms with van der Waals surface area (Å²) >= 11 is 0. The lowest BCUT2D eigenvalue weighted by atomic mass is 10.1. The van der Waals surface area contributed by atoms with Crippen LogP contribution in [0.4, 0.5) is 0 Å². The first-order chi connectivity index (χ1) is 43.3. The number of carbonyl (C=O) groups is 3. The molecule has 0 aromatic rings. The standard InChI is InChI=1S/C75H140N2O11/c1-6-11-16-21-26-38-45-64-82-71(79)52-41-30-27-31-44-59-77(62-63-78)61-60-76(57-42-32-28-39-46-65-83-72(80)53-55-74(85-67-48-34-22-17-12-7-2)86-68-49-35-23-18-13-8-3)58-43-33-29-40-47-66-84-73(81)54-56-75(87-69-50-36-24-19-14-9-4)88-70-51-37-25-20-15-10-5/h12-15,17-20,74-75,78H,6-11,16,21-70H2,1-5H3/b17-12-,18-13-,19-14-,20-15-. The second kappa shape index (κ2) is 71.5. The maximum Gasteiger partial charge on any atom is 0.305 e. The Bertz CT molecular complexity index is 1460. The van der Waals surface area contributed by atoms with Gasteiger partial charge in [-0.1, -0.05) is 180 Å². The number of hydrogen-bond acceptors (Lipinski definition) is 13. The number of allylic oxidation sites excluding steroid dienone is 8. The van der Waals surface area contributed by atoms with Crippen molar-refractivity contribution in [3.8, 4) is 0 Å². The van der Waals surface area contributed by atoms with E-state index in [1.807, 2.05) is 0 Å². The van der Waals surface area contributed by atoms with Crippen LogP contribution in [0.3, 0.4) is 0 Å². The highest BCUT2D eigenvalue weighted by Gasteiger charge is 2.16. The van der Waals surface area contributed by atoms with Crippen LogP contribution in [0.2, 0.25) is 0 Å². The molecule has 13 nitrogen and oxygen atoms in total. The number of carbonyl (C=O) groups excluding carboxylic acids is 3. The minimum absolute atomic E-state index is 0.0511. The van der Waals surface area contributed by atoms with E-state index in [2.05, 4.69) is 93.0 Å². The summed E-state index contributed by atoms with van der Waals surface area (Å²) in [6.45, 7) is 20.7. The fraction of sp³-hybridized carbons (Fsp3) is 0.853. The minimum atomic E-state index is -0.381. The van der Waals surface area contributed by atoms with Crippen molar-refractivity contribution >= 4 is 17.9 Å². The van der Waals surface area contributed by atoms with Gasteiger partial charge in [0.15, 0.2) is 12.6 Å². The third kappa shape index (κ3) is 64.6. The summed E-state index contributed by atoms with van der Waals surface area (Å²) in [7, 11) is 0. The van der Waals surface area contributed by atoms with Crippen LogP contribution in [0.5, 0.6) is 0 Å². The second-order valence-corrected chi connectivity index (χ2v) is 24.2. The van der Waals surface area contributed by atoms with E-state index < -0.39 is 0 Å². The summed E-state index contributed by atoms with van der Waals surface area (Å²) < 4.78 is 41.3. The number of hydrogen-bond donors (Lipinski definition) is 1. The molecular formula is C75H140N2O11. The van der Waals surface area contributed by atoms with Crippen molar-refractivity contribution in [2.75, 3.05) is 92.1 Å². The normalized spacial score (nSPS) is 12.2. The van der Waals surface area contributed by atoms with Crippen molar-refractivity contribution in [1.29, 1.82) is 0 Å². The molecule has 1 N–H and O–H groups in total. The fourth-order valence-electron chi connectivity index (χ4n) is 10.4. The number of esters is 3. The van der Waals surface area contributed by atoms with E-state index in [4.69, 9.17) is 33.2 Å². The zero-order chi connectivity index (χ0) is 64.0. The fourth-order valence-corrected chi connectivity index (χ4v) is 10.4. The van der Waals surface area contributed by atoms with Gasteiger partial charge in [-0.05, 0) is 167 Å². The molecule has 0 aliphatic carbocycles. The highest BCUT2D eigenvalue weighted by atomic mass is 16.7. The first kappa shape index (κ1) is 85.1. The zero-order valence-electron chi connectivity index (χ0n) is 58.0. The highest BCUT2D eigenvalue weighted by molar-refractivity contribution is 5.70. The second-order valence-electron chi connectivity index (χ2n) is 24.2. The monoisotopic (exact) mass is 1250 g/mol. The number of nitrogens with zero attached hydrogens (tertiary/aromatic N) is 2. The Labute approximate surface area is 542 Å². The molecule has 0 aliphatic heterocycles. The highest BCUT2D eigenvalue weighted by Crippen LogP contribution is 2.16. The molecule has 0 rings (SSSR count). The first-order valence-electron chi connectivity index (χ1n) is 36.9. The summed E-state index contributed by atoms with van der Waals surface area (Å²) in [4.78, 5) is 42.9. The van der Waals surface area contributed by atoms with Gasteiger partial charge in [0.1, 0.15) is 0 Å². The van der Waals surface area contributed by atoms with Gasteiger partial charge in [0.2, 0.25) is 0 Å². The van der Waals surface area contributed by atoms with Crippen molar-refractivity contribution in [3.63, 3.8) is 0 Å². The summed E-state index contributed by atoms with van der Waals surface area (Å²) in [5.41, 5.74) is 0. The Hall–Kier alpha value is -2.91. The number of aliphatic hydroxyl groups is 1. The molecule has 0 aliphatic rings. The van der Waals surface area contributed by atoms with Crippen LogP contribution >= 0.6 is 0 Å². The van der Waals surface area contributed by atoms with Crippen molar-refractivity contribution in [3.05, 3.63) is 48.6 Å². The van der Waals surface area contributed by atoms with Gasteiger partial charge in [0.05, 0.1) is 39.3 Å². The molecule has 0 amide bonds. The first-order valence-corrected chi connectivity index (χ1v) is 36.9. The average Bonchev–Trinajstić information content (AvgIpc) is 3.55. The molecular weight excluding hydrogens is 1100 g/mol. The number of unbranched alkanes of at least 4 members (excludes halogenated alkanes) is 26. The van der Waals surface area contributed by atoms with Gasteiger partial charge < -0.3 is 43.2 Å². The molecule has 0 spiro atoms. The van der Waals surface area contributed by atoms with Gasteiger partial charge in [-0.2, -0.15) is 0 Å². The molecule has 88 heavy (non-hydrogen) atoms. The molecule has 0 saturated carbocycles. The van der Waals surface area contributed by atoms with Crippen LogP contribution in [-0.2, 0) is 47.5 Å². The molecule has 0 fully saturated rings. The maximum atomic E-state index is 12.8. The number of ether oxygens (including phenoxy) is 7. The molecule has 13 heteroatoms. The van der Waals surface area contributed by atoms with Crippen LogP contribution in [0.1, 0.15) is 311 Å². The molecule has 0 saturated heterocycles. The van der Waals surface area contributed by atoms with E-state index in [1.54, 1.807) is 0 Å². The number of aliphatic hydroxyl groups excluding tert-OH is 1. The molecule has 0 heterocycles. The predicted octanol–water partition coefficient (Wildman–Crippen LogP) is 19.0. The van der Waals surface area contributed by atoms with Crippen LogP contribution in [-0.4, -0.2) is 138 Å². The van der Waals surface area contributed by atoms with E-state index in [0.29, 0.717) is 84.9 Å². The quantitative estimate of drug-likeness (QED) is 0.0203. The van der Waals surface area contributed by atoms with Gasteiger partial charge >= 0.3 is 17.9 Å². The Balaban J connectivity index is 5.03. The van der Waals surface area contributed by atoms with E-state index in [0.717, 1.165) is 245 Å². The number of rotatable bonds is 71. The Morgan fingerprint density at radius 3 is 0.920 bits per heavy atom. The molecule has 0 bridgehead atoms. The van der Waals surface area contributed by atoms with Crippen molar-refractivity contribution in [1.82, 2.24) is 9.80 Å². The van der Waals surface area contributed by atoms with E-state index in [-0.39, 0.29) is 37.1 Å². The minimum Gasteiger partial charge on any atom is -0.466 e. The third-order valence-electron chi connectivity index (χ3n) is 15.8. The third-order valence-corrected chi connectivity index (χ3v) is 15.8. The smallest absolute Gasteiger partial charge is 0.305 e. The molecule has 0 aromatic heterocycles. The Morgan fingerprint density at radius 1 is 0.307 bits per heavy atom. The Morgan fingerprint density at radius 2 is 0.591 bits per heavy atom. The lowest BCUT2D eigenvalue weighted by Crippen LogP contribution is -2.38. The van der Waals surface area contributed by atoms with Crippen LogP contribution in [0.15, 0.2) is 48.6 Å². The lowest BCUT2D eigenvalue weighted by Gasteiger charge is -2.27. The van der Waals surface area contributed by atoms with Gasteiger partial charge in [0.25, 0.3) is 0 Å². The lowest BCUT2D eigenvalue weighted by molar-refractivity contribution is -0.159. The SMILES string of the molecule is CC/C=C\CCCCOC(CCC(=O)OCCCCCCCN(CCCCCCCOC(=O)CCC(OCCCC/C=C\CC)OCCCC/C=C\CC)CCN(CCO)CCCCCCCC(=O)OCCCCCCCCC)OCCCC/C=C\CC. The summed E-state index contributed by atoms with van der Waals surface area (Å²) in [6.07, 6.45) is 60.2. The van der Waals surface area contributed by atoms with Gasteiger partial charge in [0, 0.05) is 65.3 Å². The summed E-state index contributed by atoms with van der Waals surface area (Å²) in [5.74, 6) is -0.403. The molecule has 0 atom stereocenters. The zero-order valence-corrected chi connectivity index (χ0v) is 58.0. The summed E-state index contributed by atoms with van der Waals surface area (Å²) in [6, 6.07) is 0. The van der Waals surface area contributed by atoms with Gasteiger partial charge in [-0.3, -0.25) is 19.3 Å². The van der Waals surface area contributed by atoms with Crippen molar-refractivity contribution in [2.24, 2.45) is 0 Å². The van der Waals surface area contributed by atoms with Crippen molar-refractivity contribution in [2.45, 2.75) is 323 Å². The van der Waals surface area contributed by atoms with Crippen molar-refractivity contribution < 1.29 is 52.6 Å². The largest absolute Gasteiger partial charge is 0.466 e. The molecule has 0 radical (unpaired) electrons. The predicted molar refractivity (Wildman–Crippen MR) is 368 cm³/mol. The van der Waals surface area contributed by atoms with E-state index in [9.17, 15) is 19.5 Å².